The summed E-state index contributed by atoms with van der Waals surface area (Å²) >= 11 is 0. The molecule has 0 atom stereocenters. The first kappa shape index (κ1) is 16.5. The molecule has 0 bridgehead atoms. The van der Waals surface area contributed by atoms with E-state index in [9.17, 15) is 14.9 Å². The maximum atomic E-state index is 12.5. The van der Waals surface area contributed by atoms with Crippen LogP contribution in [0.1, 0.15) is 29.3 Å². The monoisotopic (exact) mass is 314 g/mol. The Morgan fingerprint density at radius 1 is 1.26 bits per heavy atom. The van der Waals surface area contributed by atoms with Crippen LogP contribution in [0.5, 0.6) is 5.75 Å². The molecule has 0 aliphatic heterocycles. The number of nitrogens with one attached hydrogen (secondary N) is 1. The SMILES string of the molecule is CCCOc1ccccc1C(=O)Nc1cc([N+](=O)[O-])ccc1C. The number of hydrogen-bond acceptors (Lipinski definition) is 4. The number of carbonyl (C=O) groups excluding carboxylic acids is 1. The molecule has 0 heterocycles. The number of para-hydroxylation sites is 1. The van der Waals surface area contributed by atoms with Crippen molar-refractivity contribution in [2.45, 2.75) is 20.3 Å². The molecule has 0 aliphatic rings. The molecule has 2 aromatic carbocycles. The number of amides is 1. The molecule has 6 heteroatoms. The Hall–Kier alpha value is -2.89. The second kappa shape index (κ2) is 7.40. The Morgan fingerprint density at radius 3 is 2.70 bits per heavy atom. The first-order valence-electron chi connectivity index (χ1n) is 7.31. The molecule has 0 aromatic heterocycles. The van der Waals surface area contributed by atoms with Gasteiger partial charge >= 0.3 is 0 Å². The molecule has 0 saturated carbocycles. The third-order valence-electron chi connectivity index (χ3n) is 3.27. The molecule has 6 nitrogen and oxygen atoms in total. The van der Waals surface area contributed by atoms with Crippen LogP contribution in [-0.2, 0) is 0 Å². The van der Waals surface area contributed by atoms with Crippen molar-refractivity contribution in [2.24, 2.45) is 0 Å². The van der Waals surface area contributed by atoms with Gasteiger partial charge in [-0.2, -0.15) is 0 Å². The lowest BCUT2D eigenvalue weighted by Crippen LogP contribution is -2.14. The first-order valence-corrected chi connectivity index (χ1v) is 7.31. The smallest absolute Gasteiger partial charge is 0.271 e. The normalized spacial score (nSPS) is 10.2. The number of anilines is 1. The van der Waals surface area contributed by atoms with E-state index in [-0.39, 0.29) is 11.6 Å². The molecule has 0 radical (unpaired) electrons. The van der Waals surface area contributed by atoms with Crippen LogP contribution in [0, 0.1) is 17.0 Å². The van der Waals surface area contributed by atoms with Gasteiger partial charge in [0.25, 0.3) is 11.6 Å². The van der Waals surface area contributed by atoms with Gasteiger partial charge in [0.15, 0.2) is 0 Å². The molecular formula is C17H18N2O4. The first-order chi connectivity index (χ1) is 11.0. The van der Waals surface area contributed by atoms with E-state index in [2.05, 4.69) is 5.32 Å². The fourth-order valence-corrected chi connectivity index (χ4v) is 2.04. The summed E-state index contributed by atoms with van der Waals surface area (Å²) in [5.41, 5.74) is 1.48. The van der Waals surface area contributed by atoms with Gasteiger partial charge in [-0.05, 0) is 31.0 Å². The summed E-state index contributed by atoms with van der Waals surface area (Å²) in [4.78, 5) is 22.8. The molecule has 1 amide bonds. The lowest BCUT2D eigenvalue weighted by molar-refractivity contribution is -0.384. The van der Waals surface area contributed by atoms with Gasteiger partial charge in [0.2, 0.25) is 0 Å². The van der Waals surface area contributed by atoms with E-state index in [1.165, 1.54) is 12.1 Å². The molecule has 2 rings (SSSR count). The number of non-ortho nitro benzene ring substituents is 1. The highest BCUT2D eigenvalue weighted by Gasteiger charge is 2.15. The molecule has 2 aromatic rings. The lowest BCUT2D eigenvalue weighted by Gasteiger charge is -2.12. The number of ether oxygens (including phenoxy) is 1. The summed E-state index contributed by atoms with van der Waals surface area (Å²) in [7, 11) is 0. The minimum Gasteiger partial charge on any atom is -0.493 e. The Balaban J connectivity index is 2.26. The summed E-state index contributed by atoms with van der Waals surface area (Å²) in [6, 6.07) is 11.3. The third-order valence-corrected chi connectivity index (χ3v) is 3.27. The van der Waals surface area contributed by atoms with E-state index in [1.54, 1.807) is 37.3 Å². The summed E-state index contributed by atoms with van der Waals surface area (Å²) in [6.45, 7) is 4.27. The number of benzene rings is 2. The van der Waals surface area contributed by atoms with Crippen molar-refractivity contribution in [3.8, 4) is 5.75 Å². The Labute approximate surface area is 134 Å². The Morgan fingerprint density at radius 2 is 2.00 bits per heavy atom. The lowest BCUT2D eigenvalue weighted by atomic mass is 10.1. The Kier molecular flexibility index (Phi) is 5.30. The fraction of sp³-hybridized carbons (Fsp3) is 0.235. The number of nitro groups is 1. The van der Waals surface area contributed by atoms with Crippen LogP contribution in [0.15, 0.2) is 42.5 Å². The molecule has 0 aliphatic carbocycles. The zero-order valence-corrected chi connectivity index (χ0v) is 13.0. The minimum atomic E-state index is -0.493. The van der Waals surface area contributed by atoms with Gasteiger partial charge in [-0.1, -0.05) is 25.1 Å². The zero-order chi connectivity index (χ0) is 16.8. The van der Waals surface area contributed by atoms with E-state index < -0.39 is 4.92 Å². The summed E-state index contributed by atoms with van der Waals surface area (Å²) in [5.74, 6) is 0.134. The third kappa shape index (κ3) is 4.06. The standard InChI is InChI=1S/C17H18N2O4/c1-3-10-23-16-7-5-4-6-14(16)17(20)18-15-11-13(19(21)22)9-8-12(15)2/h4-9,11H,3,10H2,1-2H3,(H,18,20). The van der Waals surface area contributed by atoms with Crippen molar-refractivity contribution >= 4 is 17.3 Å². The molecule has 120 valence electrons. The topological polar surface area (TPSA) is 81.5 Å². The van der Waals surface area contributed by atoms with Gasteiger partial charge in [-0.3, -0.25) is 14.9 Å². The van der Waals surface area contributed by atoms with Gasteiger partial charge in [-0.25, -0.2) is 0 Å². The highest BCUT2D eigenvalue weighted by Crippen LogP contribution is 2.24. The minimum absolute atomic E-state index is 0.0681. The van der Waals surface area contributed by atoms with E-state index in [0.29, 0.717) is 23.6 Å². The van der Waals surface area contributed by atoms with Crippen LogP contribution in [0.3, 0.4) is 0 Å². The molecule has 0 unspecified atom stereocenters. The largest absolute Gasteiger partial charge is 0.493 e. The average molecular weight is 314 g/mol. The van der Waals surface area contributed by atoms with Crippen molar-refractivity contribution in [3.63, 3.8) is 0 Å². The molecular weight excluding hydrogens is 296 g/mol. The highest BCUT2D eigenvalue weighted by atomic mass is 16.6. The molecule has 0 spiro atoms. The number of rotatable bonds is 6. The van der Waals surface area contributed by atoms with Crippen molar-refractivity contribution in [1.29, 1.82) is 0 Å². The maximum Gasteiger partial charge on any atom is 0.271 e. The predicted octanol–water partition coefficient (Wildman–Crippen LogP) is 3.94. The highest BCUT2D eigenvalue weighted by molar-refractivity contribution is 6.06. The second-order valence-corrected chi connectivity index (χ2v) is 5.06. The van der Waals surface area contributed by atoms with Crippen LogP contribution in [0.2, 0.25) is 0 Å². The molecule has 0 fully saturated rings. The number of nitro benzene ring substituents is 1. The van der Waals surface area contributed by atoms with Crippen LogP contribution < -0.4 is 10.1 Å². The van der Waals surface area contributed by atoms with Crippen molar-refractivity contribution in [1.82, 2.24) is 0 Å². The summed E-state index contributed by atoms with van der Waals surface area (Å²) in [5, 5.41) is 13.6. The number of hydrogen-bond donors (Lipinski definition) is 1. The number of aryl methyl sites for hydroxylation is 1. The summed E-state index contributed by atoms with van der Waals surface area (Å²) < 4.78 is 5.57. The maximum absolute atomic E-state index is 12.5. The predicted molar refractivity (Wildman–Crippen MR) is 88.0 cm³/mol. The number of carbonyl (C=O) groups is 1. The van der Waals surface area contributed by atoms with Gasteiger partial charge < -0.3 is 10.1 Å². The fourth-order valence-electron chi connectivity index (χ4n) is 2.04. The molecule has 23 heavy (non-hydrogen) atoms. The van der Waals surface area contributed by atoms with Gasteiger partial charge in [0, 0.05) is 12.1 Å². The van der Waals surface area contributed by atoms with Crippen LogP contribution in [-0.4, -0.2) is 17.4 Å². The van der Waals surface area contributed by atoms with Crippen LogP contribution >= 0.6 is 0 Å². The van der Waals surface area contributed by atoms with Crippen molar-refractivity contribution in [2.75, 3.05) is 11.9 Å². The van der Waals surface area contributed by atoms with Gasteiger partial charge in [-0.15, -0.1) is 0 Å². The van der Waals surface area contributed by atoms with Crippen LogP contribution in [0.25, 0.3) is 0 Å². The Bertz CT molecular complexity index is 728. The molecule has 1 N–H and O–H groups in total. The van der Waals surface area contributed by atoms with Crippen LogP contribution in [0.4, 0.5) is 11.4 Å². The summed E-state index contributed by atoms with van der Waals surface area (Å²) in [6.07, 6.45) is 0.833. The zero-order valence-electron chi connectivity index (χ0n) is 13.0. The van der Waals surface area contributed by atoms with E-state index in [1.807, 2.05) is 6.92 Å². The van der Waals surface area contributed by atoms with Crippen molar-refractivity contribution in [3.05, 3.63) is 63.7 Å². The molecule has 0 saturated heterocycles. The average Bonchev–Trinajstić information content (AvgIpc) is 2.55. The van der Waals surface area contributed by atoms with E-state index >= 15 is 0 Å². The van der Waals surface area contributed by atoms with E-state index in [4.69, 9.17) is 4.74 Å². The van der Waals surface area contributed by atoms with Crippen molar-refractivity contribution < 1.29 is 14.5 Å². The van der Waals surface area contributed by atoms with E-state index in [0.717, 1.165) is 12.0 Å². The number of nitrogens with zero attached hydrogens (tertiary/aromatic N) is 1. The van der Waals surface area contributed by atoms with Gasteiger partial charge in [0.05, 0.1) is 22.8 Å². The second-order valence-electron chi connectivity index (χ2n) is 5.06. The quantitative estimate of drug-likeness (QED) is 0.646. The van der Waals surface area contributed by atoms with Gasteiger partial charge in [0.1, 0.15) is 5.75 Å².